The van der Waals surface area contributed by atoms with Crippen molar-refractivity contribution in [2.75, 3.05) is 73.7 Å². The molecule has 0 radical (unpaired) electrons. The summed E-state index contributed by atoms with van der Waals surface area (Å²) in [6, 6.07) is 21.7. The van der Waals surface area contributed by atoms with Crippen molar-refractivity contribution in [1.82, 2.24) is 20.4 Å². The number of aliphatic imine (C=N–C) groups is 1. The number of amidine groups is 1. The summed E-state index contributed by atoms with van der Waals surface area (Å²) < 4.78 is 15.6. The standard InChI is InChI=1S/C16H18N2O.C15H30N2O4.C12H14O.C6H12O2.C5H11N/c1-4-18(3)12(2)17-16-10-14-8-6-5-7-13(14)9-15(16)11-19;1-4-13(2)7-9-20-11-12-21-10-8-17-15(19)6-5-14(18)16-3;1-2-3-7-12(10-13)11-8-5-4-6-9-11;1-5(7)8-6(2,3)4;1-6-4-2-3-5-6/h5-11H,4H2,1-3H3;13H,4-12H2,1-3H3,(H,16,18)(H,17,19);2-6,8-10,12H,7H2,1H3;1-4H3;2-5H2,1H3/b;;3-2+;;. The number of hydrogen-bond acceptors (Lipinski definition) is 10. The number of amides is 2. The first-order chi connectivity index (χ1) is 31.9. The van der Waals surface area contributed by atoms with Crippen molar-refractivity contribution in [2.24, 2.45) is 10.9 Å². The number of benzene rings is 3. The Labute approximate surface area is 403 Å². The van der Waals surface area contributed by atoms with Crippen LogP contribution in [0.1, 0.15) is 129 Å². The molecule has 374 valence electrons. The number of aldehydes is 2. The van der Waals surface area contributed by atoms with Gasteiger partial charge in [0.2, 0.25) is 11.8 Å². The maximum Gasteiger partial charge on any atom is 0.303 e. The highest BCUT2D eigenvalue weighted by Gasteiger charge is 2.12. The first kappa shape index (κ1) is 61.8. The zero-order chi connectivity index (χ0) is 50.5. The Morgan fingerprint density at radius 3 is 1.93 bits per heavy atom. The van der Waals surface area contributed by atoms with Crippen LogP contribution in [0.2, 0.25) is 0 Å². The smallest absolute Gasteiger partial charge is 0.303 e. The third kappa shape index (κ3) is 32.2. The van der Waals surface area contributed by atoms with Gasteiger partial charge in [-0.1, -0.05) is 87.0 Å². The van der Waals surface area contributed by atoms with Crippen LogP contribution in [0.3, 0.4) is 0 Å². The Morgan fingerprint density at radius 1 is 0.866 bits per heavy atom. The summed E-state index contributed by atoms with van der Waals surface area (Å²) in [7, 11) is 5.71. The highest BCUT2D eigenvalue weighted by molar-refractivity contribution is 5.96. The fourth-order valence-electron chi connectivity index (χ4n) is 6.00. The van der Waals surface area contributed by atoms with E-state index in [0.717, 1.165) is 66.4 Å². The first-order valence-corrected chi connectivity index (χ1v) is 23.8. The second-order valence-electron chi connectivity index (χ2n) is 17.3. The Balaban J connectivity index is 0.000000864. The fraction of sp³-hybridized carbons (Fsp3) is 0.556. The van der Waals surface area contributed by atoms with E-state index >= 15 is 0 Å². The maximum atomic E-state index is 11.4. The van der Waals surface area contributed by atoms with E-state index in [9.17, 15) is 24.0 Å². The number of fused-ring (bicyclic) bond motifs is 1. The van der Waals surface area contributed by atoms with Gasteiger partial charge in [0.1, 0.15) is 17.7 Å². The average Bonchev–Trinajstić information content (AvgIpc) is 3.80. The van der Waals surface area contributed by atoms with E-state index in [4.69, 9.17) is 14.2 Å². The minimum absolute atomic E-state index is 0.0115. The zero-order valence-corrected chi connectivity index (χ0v) is 43.0. The van der Waals surface area contributed by atoms with Gasteiger partial charge in [0, 0.05) is 65.0 Å². The van der Waals surface area contributed by atoms with Crippen LogP contribution in [-0.2, 0) is 33.4 Å². The van der Waals surface area contributed by atoms with Crippen LogP contribution >= 0.6 is 0 Å². The van der Waals surface area contributed by atoms with Crippen LogP contribution in [0, 0.1) is 5.92 Å². The number of nitrogens with zero attached hydrogens (tertiary/aromatic N) is 3. The third-order valence-corrected chi connectivity index (χ3v) is 10.4. The molecule has 2 amide bonds. The summed E-state index contributed by atoms with van der Waals surface area (Å²) in [5, 5.41) is 7.33. The predicted molar refractivity (Wildman–Crippen MR) is 275 cm³/mol. The van der Waals surface area contributed by atoms with Gasteiger partial charge in [-0.25, -0.2) is 4.99 Å². The predicted octanol–water partition coefficient (Wildman–Crippen LogP) is 9.75. The van der Waals surface area contributed by atoms with Crippen LogP contribution < -0.4 is 10.6 Å². The molecule has 1 aliphatic heterocycles. The van der Waals surface area contributed by atoms with Gasteiger partial charge in [-0.3, -0.25) is 19.2 Å². The number of rotatable bonds is 20. The summed E-state index contributed by atoms with van der Waals surface area (Å²) >= 11 is 0. The van der Waals surface area contributed by atoms with Crippen molar-refractivity contribution >= 4 is 52.7 Å². The molecule has 3 aromatic carbocycles. The largest absolute Gasteiger partial charge is 0.460 e. The van der Waals surface area contributed by atoms with E-state index in [2.05, 4.69) is 48.3 Å². The molecular weight excluding hydrogens is 847 g/mol. The van der Waals surface area contributed by atoms with E-state index < -0.39 is 0 Å². The van der Waals surface area contributed by atoms with Gasteiger partial charge < -0.3 is 39.4 Å². The Morgan fingerprint density at radius 2 is 1.45 bits per heavy atom. The van der Waals surface area contributed by atoms with Crippen molar-refractivity contribution in [3.63, 3.8) is 0 Å². The lowest BCUT2D eigenvalue weighted by Gasteiger charge is -2.17. The molecule has 2 unspecified atom stereocenters. The van der Waals surface area contributed by atoms with E-state index in [1.807, 2.05) is 125 Å². The molecule has 4 rings (SSSR count). The number of carbonyl (C=O) groups is 5. The number of carbonyl (C=O) groups excluding carboxylic acids is 5. The molecule has 13 heteroatoms. The van der Waals surface area contributed by atoms with Crippen LogP contribution in [0.15, 0.2) is 83.9 Å². The van der Waals surface area contributed by atoms with Crippen LogP contribution in [0.25, 0.3) is 10.8 Å². The summed E-state index contributed by atoms with van der Waals surface area (Å²) in [6.07, 6.45) is 12.2. The number of esters is 1. The molecule has 0 aliphatic carbocycles. The van der Waals surface area contributed by atoms with Crippen molar-refractivity contribution in [3.8, 4) is 0 Å². The van der Waals surface area contributed by atoms with Crippen LogP contribution in [0.5, 0.6) is 0 Å². The summed E-state index contributed by atoms with van der Waals surface area (Å²) in [6.45, 7) is 23.6. The molecule has 67 heavy (non-hydrogen) atoms. The van der Waals surface area contributed by atoms with Gasteiger partial charge in [0.15, 0.2) is 6.29 Å². The highest BCUT2D eigenvalue weighted by atomic mass is 16.6. The molecule has 1 fully saturated rings. The number of likely N-dealkylation sites (tertiary alicyclic amines) is 1. The molecule has 0 saturated carbocycles. The third-order valence-electron chi connectivity index (χ3n) is 10.4. The molecule has 0 bridgehead atoms. The van der Waals surface area contributed by atoms with E-state index in [1.165, 1.54) is 39.3 Å². The summed E-state index contributed by atoms with van der Waals surface area (Å²) in [4.78, 5) is 63.5. The Bertz CT molecular complexity index is 1870. The normalized spacial score (nSPS) is 13.2. The van der Waals surface area contributed by atoms with Crippen molar-refractivity contribution < 1.29 is 38.2 Å². The van der Waals surface area contributed by atoms with Gasteiger partial charge in [0.25, 0.3) is 0 Å². The van der Waals surface area contributed by atoms with Crippen LogP contribution in [-0.4, -0.2) is 125 Å². The molecule has 0 aromatic heterocycles. The Hall–Kier alpha value is -5.24. The van der Waals surface area contributed by atoms with Gasteiger partial charge in [-0.05, 0) is 122 Å². The molecule has 13 nitrogen and oxygen atoms in total. The molecule has 2 N–H and O–H groups in total. The average molecular weight is 932 g/mol. The van der Waals surface area contributed by atoms with Gasteiger partial charge in [-0.15, -0.1) is 0 Å². The second-order valence-corrected chi connectivity index (χ2v) is 17.3. The van der Waals surface area contributed by atoms with E-state index in [0.29, 0.717) is 37.8 Å². The number of allylic oxidation sites excluding steroid dienone is 2. The van der Waals surface area contributed by atoms with Crippen molar-refractivity contribution in [3.05, 3.63) is 90.0 Å². The lowest BCUT2D eigenvalue weighted by molar-refractivity contribution is -0.151. The SMILES string of the molecule is C/C=C/CC(C=O)c1ccccc1.CC(=O)OC(C)(C)C.CCC(C)CCOCCOCCNC(=O)CCC(=O)NC.CCN(C)C(C)=Nc1cc2ccccc2cc1C=O.CN1CCCC1. The van der Waals surface area contributed by atoms with Gasteiger partial charge in [0.05, 0.1) is 25.5 Å². The topological polar surface area (TPSA) is 156 Å². The van der Waals surface area contributed by atoms with Crippen molar-refractivity contribution in [2.45, 2.75) is 119 Å². The number of nitrogens with one attached hydrogen (secondary N) is 2. The fourth-order valence-corrected chi connectivity index (χ4v) is 6.00. The van der Waals surface area contributed by atoms with Gasteiger partial charge >= 0.3 is 5.97 Å². The molecule has 1 heterocycles. The van der Waals surface area contributed by atoms with Crippen molar-refractivity contribution in [1.29, 1.82) is 0 Å². The molecule has 3 aromatic rings. The minimum Gasteiger partial charge on any atom is -0.460 e. The zero-order valence-electron chi connectivity index (χ0n) is 43.0. The first-order valence-electron chi connectivity index (χ1n) is 23.8. The maximum absolute atomic E-state index is 11.4. The molecular formula is C54H85N5O8. The second kappa shape index (κ2) is 37.8. The molecule has 0 spiro atoms. The molecule has 2 atom stereocenters. The van der Waals surface area contributed by atoms with Gasteiger partial charge in [-0.2, -0.15) is 0 Å². The number of hydrogen-bond donors (Lipinski definition) is 2. The monoisotopic (exact) mass is 932 g/mol. The molecule has 1 aliphatic rings. The van der Waals surface area contributed by atoms with Crippen LogP contribution in [0.4, 0.5) is 5.69 Å². The van der Waals surface area contributed by atoms with E-state index in [-0.39, 0.29) is 42.1 Å². The lowest BCUT2D eigenvalue weighted by Crippen LogP contribution is -2.29. The Kier molecular flexibility index (Phi) is 34.8. The summed E-state index contributed by atoms with van der Waals surface area (Å²) in [5.74, 6) is 1.13. The molecule has 1 saturated heterocycles. The number of ether oxygens (including phenoxy) is 3. The quantitative estimate of drug-likeness (QED) is 0.0279. The highest BCUT2D eigenvalue weighted by Crippen LogP contribution is 2.26. The summed E-state index contributed by atoms with van der Waals surface area (Å²) in [5.41, 5.74) is 2.12. The van der Waals surface area contributed by atoms with E-state index in [1.54, 1.807) is 7.05 Å². The minimum atomic E-state index is -0.328. The lowest BCUT2D eigenvalue weighted by atomic mass is 9.97.